The summed E-state index contributed by atoms with van der Waals surface area (Å²) in [6.07, 6.45) is 26.7. The Morgan fingerprint density at radius 3 is 1.35 bits per heavy atom. The highest BCUT2D eigenvalue weighted by atomic mass is 32.2. The van der Waals surface area contributed by atoms with Crippen LogP contribution in [0.25, 0.3) is 0 Å². The Hall–Kier alpha value is -0.660. The lowest BCUT2D eigenvalue weighted by Gasteiger charge is -2.23. The standard InChI is InChI=1S/C30H61NO5S/c1-3-5-7-9-10-11-12-13-14-15-16-17-18-19-20-22-24-26-30(33)31-28(27-37(34,35)36)29(32)25-23-21-8-6-4-2/h28-29,32H,3-27H2,1-2H3,(H,31,33)(H,34,35,36). The van der Waals surface area contributed by atoms with Crippen molar-refractivity contribution in [3.63, 3.8) is 0 Å². The second-order valence-corrected chi connectivity index (χ2v) is 12.6. The lowest BCUT2D eigenvalue weighted by Crippen LogP contribution is -2.47. The van der Waals surface area contributed by atoms with Gasteiger partial charge in [-0.25, -0.2) is 0 Å². The van der Waals surface area contributed by atoms with Gasteiger partial charge in [0.15, 0.2) is 0 Å². The van der Waals surface area contributed by atoms with E-state index in [4.69, 9.17) is 0 Å². The molecule has 0 saturated carbocycles. The lowest BCUT2D eigenvalue weighted by molar-refractivity contribution is -0.122. The largest absolute Gasteiger partial charge is 0.391 e. The number of hydrogen-bond donors (Lipinski definition) is 3. The molecule has 0 rings (SSSR count). The highest BCUT2D eigenvalue weighted by Gasteiger charge is 2.25. The van der Waals surface area contributed by atoms with Crippen LogP contribution in [0.15, 0.2) is 0 Å². The van der Waals surface area contributed by atoms with E-state index >= 15 is 0 Å². The Balaban J connectivity index is 3.78. The number of aliphatic hydroxyl groups excluding tert-OH is 1. The Morgan fingerprint density at radius 1 is 0.622 bits per heavy atom. The van der Waals surface area contributed by atoms with Crippen LogP contribution in [-0.2, 0) is 14.9 Å². The first-order valence-electron chi connectivity index (χ1n) is 15.7. The number of carbonyl (C=O) groups excluding carboxylic acids is 1. The van der Waals surface area contributed by atoms with Crippen LogP contribution in [0.3, 0.4) is 0 Å². The van der Waals surface area contributed by atoms with Crippen molar-refractivity contribution in [1.29, 1.82) is 0 Å². The smallest absolute Gasteiger partial charge is 0.266 e. The van der Waals surface area contributed by atoms with E-state index in [2.05, 4.69) is 19.2 Å². The maximum atomic E-state index is 12.3. The van der Waals surface area contributed by atoms with Gasteiger partial charge >= 0.3 is 0 Å². The number of carbonyl (C=O) groups is 1. The van der Waals surface area contributed by atoms with Crippen molar-refractivity contribution < 1.29 is 22.9 Å². The first-order chi connectivity index (χ1) is 17.8. The van der Waals surface area contributed by atoms with Crippen molar-refractivity contribution in [2.75, 3.05) is 5.75 Å². The van der Waals surface area contributed by atoms with Crippen LogP contribution in [0.5, 0.6) is 0 Å². The molecular weight excluding hydrogens is 486 g/mol. The molecule has 37 heavy (non-hydrogen) atoms. The summed E-state index contributed by atoms with van der Waals surface area (Å²) >= 11 is 0. The maximum absolute atomic E-state index is 12.3. The second kappa shape index (κ2) is 25.6. The molecule has 6 nitrogen and oxygen atoms in total. The first-order valence-corrected chi connectivity index (χ1v) is 17.3. The minimum atomic E-state index is -4.28. The monoisotopic (exact) mass is 547 g/mol. The minimum Gasteiger partial charge on any atom is -0.391 e. The average Bonchev–Trinajstić information content (AvgIpc) is 2.84. The molecule has 0 bridgehead atoms. The molecule has 0 heterocycles. The molecule has 0 aliphatic carbocycles. The highest BCUT2D eigenvalue weighted by molar-refractivity contribution is 7.85. The molecule has 222 valence electrons. The maximum Gasteiger partial charge on any atom is 0.266 e. The molecule has 0 aliphatic heterocycles. The normalized spacial score (nSPS) is 13.5. The third-order valence-electron chi connectivity index (χ3n) is 7.31. The molecule has 0 aliphatic rings. The summed E-state index contributed by atoms with van der Waals surface area (Å²) in [4.78, 5) is 12.3. The van der Waals surface area contributed by atoms with Gasteiger partial charge in [0.05, 0.1) is 17.9 Å². The summed E-state index contributed by atoms with van der Waals surface area (Å²) < 4.78 is 32.0. The summed E-state index contributed by atoms with van der Waals surface area (Å²) in [5.41, 5.74) is 0. The van der Waals surface area contributed by atoms with Crippen molar-refractivity contribution in [1.82, 2.24) is 5.32 Å². The first kappa shape index (κ1) is 36.3. The minimum absolute atomic E-state index is 0.250. The Labute approximate surface area is 229 Å². The van der Waals surface area contributed by atoms with Gasteiger partial charge in [-0.05, 0) is 12.8 Å². The Morgan fingerprint density at radius 2 is 0.973 bits per heavy atom. The Bertz CT molecular complexity index is 611. The summed E-state index contributed by atoms with van der Waals surface area (Å²) in [6.45, 7) is 4.40. The van der Waals surface area contributed by atoms with Gasteiger partial charge in [-0.1, -0.05) is 149 Å². The molecule has 0 radical (unpaired) electrons. The lowest BCUT2D eigenvalue weighted by atomic mass is 10.0. The van der Waals surface area contributed by atoms with Gasteiger partial charge in [-0.3, -0.25) is 9.35 Å². The number of hydrogen-bond acceptors (Lipinski definition) is 4. The van der Waals surface area contributed by atoms with Crippen LogP contribution in [-0.4, -0.2) is 41.9 Å². The zero-order valence-corrected chi connectivity index (χ0v) is 25.2. The van der Waals surface area contributed by atoms with Crippen LogP contribution >= 0.6 is 0 Å². The third kappa shape index (κ3) is 26.7. The molecule has 0 aromatic heterocycles. The molecule has 0 aromatic rings. The van der Waals surface area contributed by atoms with E-state index in [1.54, 1.807) is 0 Å². The Kier molecular flexibility index (Phi) is 25.2. The van der Waals surface area contributed by atoms with E-state index < -0.39 is 28.0 Å². The molecule has 0 aromatic carbocycles. The van der Waals surface area contributed by atoms with Gasteiger partial charge in [0.25, 0.3) is 10.1 Å². The summed E-state index contributed by atoms with van der Waals surface area (Å²) in [5.74, 6) is -0.895. The molecule has 7 heteroatoms. The second-order valence-electron chi connectivity index (χ2n) is 11.1. The molecule has 0 saturated heterocycles. The van der Waals surface area contributed by atoms with Crippen molar-refractivity contribution in [3.8, 4) is 0 Å². The van der Waals surface area contributed by atoms with Gasteiger partial charge < -0.3 is 10.4 Å². The summed E-state index contributed by atoms with van der Waals surface area (Å²) in [6, 6.07) is -0.959. The van der Waals surface area contributed by atoms with Crippen LogP contribution in [0.1, 0.15) is 168 Å². The predicted molar refractivity (Wildman–Crippen MR) is 157 cm³/mol. The number of rotatable bonds is 28. The molecule has 0 spiro atoms. The van der Waals surface area contributed by atoms with Gasteiger partial charge in [0, 0.05) is 6.42 Å². The van der Waals surface area contributed by atoms with Crippen molar-refractivity contribution in [2.45, 2.75) is 180 Å². The van der Waals surface area contributed by atoms with Crippen LogP contribution in [0, 0.1) is 0 Å². The van der Waals surface area contributed by atoms with Crippen molar-refractivity contribution >= 4 is 16.0 Å². The fourth-order valence-electron chi connectivity index (χ4n) is 4.92. The van der Waals surface area contributed by atoms with Gasteiger partial charge in [0.1, 0.15) is 0 Å². The van der Waals surface area contributed by atoms with Crippen molar-refractivity contribution in [2.24, 2.45) is 0 Å². The molecule has 3 N–H and O–H groups in total. The molecule has 0 fully saturated rings. The molecule has 2 unspecified atom stereocenters. The number of amides is 1. The summed E-state index contributed by atoms with van der Waals surface area (Å²) in [7, 11) is -4.28. The summed E-state index contributed by atoms with van der Waals surface area (Å²) in [5, 5.41) is 13.1. The van der Waals surface area contributed by atoms with Gasteiger partial charge in [-0.15, -0.1) is 0 Å². The van der Waals surface area contributed by atoms with Crippen molar-refractivity contribution in [3.05, 3.63) is 0 Å². The van der Waals surface area contributed by atoms with E-state index in [1.165, 1.54) is 89.9 Å². The fraction of sp³-hybridized carbons (Fsp3) is 0.967. The highest BCUT2D eigenvalue weighted by Crippen LogP contribution is 2.15. The average molecular weight is 548 g/mol. The zero-order chi connectivity index (χ0) is 27.6. The van der Waals surface area contributed by atoms with E-state index in [9.17, 15) is 22.9 Å². The van der Waals surface area contributed by atoms with Crippen LogP contribution in [0.4, 0.5) is 0 Å². The van der Waals surface area contributed by atoms with E-state index in [1.807, 2.05) is 0 Å². The molecule has 1 amide bonds. The molecule has 2 atom stereocenters. The number of nitrogens with one attached hydrogen (secondary N) is 1. The zero-order valence-electron chi connectivity index (χ0n) is 24.4. The predicted octanol–water partition coefficient (Wildman–Crippen LogP) is 8.12. The van der Waals surface area contributed by atoms with E-state index in [0.717, 1.165) is 51.4 Å². The number of unbranched alkanes of at least 4 members (excludes halogenated alkanes) is 20. The third-order valence-corrected chi connectivity index (χ3v) is 8.09. The van der Waals surface area contributed by atoms with Gasteiger partial charge in [-0.2, -0.15) is 8.42 Å². The van der Waals surface area contributed by atoms with Gasteiger partial charge in [0.2, 0.25) is 5.91 Å². The molecular formula is C30H61NO5S. The number of aliphatic hydroxyl groups is 1. The topological polar surface area (TPSA) is 104 Å². The quantitative estimate of drug-likeness (QED) is 0.0677. The van der Waals surface area contributed by atoms with Crippen LogP contribution in [0.2, 0.25) is 0 Å². The van der Waals surface area contributed by atoms with E-state index in [-0.39, 0.29) is 5.91 Å². The van der Waals surface area contributed by atoms with Crippen LogP contribution < -0.4 is 5.32 Å². The SMILES string of the molecule is CCCCCCCCCCCCCCCCCCCC(=O)NC(CS(=O)(=O)O)C(O)CCCCCCC. The fourth-order valence-corrected chi connectivity index (χ4v) is 5.68. The van der Waals surface area contributed by atoms with E-state index in [0.29, 0.717) is 12.8 Å².